The third-order valence-electron chi connectivity index (χ3n) is 3.64. The summed E-state index contributed by atoms with van der Waals surface area (Å²) in [4.78, 5) is 24.2. The van der Waals surface area contributed by atoms with Crippen molar-refractivity contribution in [1.29, 1.82) is 0 Å². The van der Waals surface area contributed by atoms with Crippen molar-refractivity contribution >= 4 is 11.9 Å². The zero-order chi connectivity index (χ0) is 13.8. The fourth-order valence-electron chi connectivity index (χ4n) is 2.44. The minimum Gasteiger partial charge on any atom is -0.481 e. The Bertz CT molecular complexity index is 478. The predicted octanol–water partition coefficient (Wildman–Crippen LogP) is 1.86. The first kappa shape index (κ1) is 13.6. The van der Waals surface area contributed by atoms with Crippen molar-refractivity contribution < 1.29 is 14.7 Å². The molecular formula is C15H19NO3. The summed E-state index contributed by atoms with van der Waals surface area (Å²) in [5.41, 5.74) is 2.42. The van der Waals surface area contributed by atoms with Crippen LogP contribution in [0, 0.1) is 12.8 Å². The highest BCUT2D eigenvalue weighted by atomic mass is 16.4. The molecule has 4 nitrogen and oxygen atoms in total. The van der Waals surface area contributed by atoms with E-state index < -0.39 is 5.97 Å². The Hall–Kier alpha value is -1.84. The van der Waals surface area contributed by atoms with Crippen molar-refractivity contribution in [2.24, 2.45) is 5.92 Å². The van der Waals surface area contributed by atoms with Gasteiger partial charge >= 0.3 is 5.97 Å². The summed E-state index contributed by atoms with van der Waals surface area (Å²) in [7, 11) is 0. The van der Waals surface area contributed by atoms with Crippen LogP contribution in [0.3, 0.4) is 0 Å². The minimum atomic E-state index is -0.781. The molecule has 1 fully saturated rings. The standard InChI is InChI=1S/C15H19NO3/c1-11-4-2-3-5-13(11)6-7-14(17)16-9-12(10-16)8-15(18)19/h2-5,12H,6-10H2,1H3,(H,18,19). The number of carboxylic acids is 1. The molecule has 1 amide bonds. The van der Waals surface area contributed by atoms with Gasteiger partial charge in [0.05, 0.1) is 6.42 Å². The average molecular weight is 261 g/mol. The van der Waals surface area contributed by atoms with E-state index in [9.17, 15) is 9.59 Å². The SMILES string of the molecule is Cc1ccccc1CCC(=O)N1CC(CC(=O)O)C1. The summed E-state index contributed by atoms with van der Waals surface area (Å²) in [6.07, 6.45) is 1.43. The van der Waals surface area contributed by atoms with E-state index in [-0.39, 0.29) is 18.2 Å². The summed E-state index contributed by atoms with van der Waals surface area (Å²) >= 11 is 0. The number of amides is 1. The van der Waals surface area contributed by atoms with Gasteiger partial charge in [-0.3, -0.25) is 9.59 Å². The third kappa shape index (κ3) is 3.56. The Morgan fingerprint density at radius 3 is 2.63 bits per heavy atom. The van der Waals surface area contributed by atoms with Gasteiger partial charge in [0.1, 0.15) is 0 Å². The molecule has 1 N–H and O–H groups in total. The van der Waals surface area contributed by atoms with Crippen LogP contribution in [0.25, 0.3) is 0 Å². The number of rotatable bonds is 5. The maximum Gasteiger partial charge on any atom is 0.303 e. The van der Waals surface area contributed by atoms with Gasteiger partial charge in [-0.05, 0) is 24.5 Å². The first-order valence-corrected chi connectivity index (χ1v) is 6.60. The molecule has 0 bridgehead atoms. The van der Waals surface area contributed by atoms with Crippen LogP contribution in [-0.4, -0.2) is 35.0 Å². The van der Waals surface area contributed by atoms with Crippen LogP contribution >= 0.6 is 0 Å². The molecule has 0 spiro atoms. The van der Waals surface area contributed by atoms with Crippen LogP contribution in [-0.2, 0) is 16.0 Å². The van der Waals surface area contributed by atoms with E-state index in [0.717, 1.165) is 6.42 Å². The van der Waals surface area contributed by atoms with Gasteiger partial charge in [0.15, 0.2) is 0 Å². The number of hydrogen-bond acceptors (Lipinski definition) is 2. The Morgan fingerprint density at radius 1 is 1.32 bits per heavy atom. The van der Waals surface area contributed by atoms with Crippen molar-refractivity contribution in [3.8, 4) is 0 Å². The van der Waals surface area contributed by atoms with E-state index in [1.165, 1.54) is 11.1 Å². The lowest BCUT2D eigenvalue weighted by molar-refractivity contribution is -0.145. The van der Waals surface area contributed by atoms with E-state index in [1.54, 1.807) is 4.90 Å². The molecule has 0 aromatic heterocycles. The zero-order valence-corrected chi connectivity index (χ0v) is 11.1. The smallest absolute Gasteiger partial charge is 0.303 e. The Balaban J connectivity index is 1.75. The number of likely N-dealkylation sites (tertiary alicyclic amines) is 1. The number of benzene rings is 1. The molecule has 0 radical (unpaired) electrons. The van der Waals surface area contributed by atoms with Crippen LogP contribution in [0.5, 0.6) is 0 Å². The summed E-state index contributed by atoms with van der Waals surface area (Å²) in [5, 5.41) is 8.65. The van der Waals surface area contributed by atoms with Crippen LogP contribution in [0.1, 0.15) is 24.0 Å². The third-order valence-corrected chi connectivity index (χ3v) is 3.64. The first-order valence-electron chi connectivity index (χ1n) is 6.60. The van der Waals surface area contributed by atoms with Gasteiger partial charge in [0, 0.05) is 25.4 Å². The fourth-order valence-corrected chi connectivity index (χ4v) is 2.44. The van der Waals surface area contributed by atoms with Gasteiger partial charge < -0.3 is 10.0 Å². The highest BCUT2D eigenvalue weighted by Crippen LogP contribution is 2.20. The van der Waals surface area contributed by atoms with Crippen LogP contribution in [0.2, 0.25) is 0 Å². The number of hydrogen-bond donors (Lipinski definition) is 1. The molecule has 1 aliphatic heterocycles. The molecule has 1 aromatic carbocycles. The number of aryl methyl sites for hydroxylation is 2. The molecule has 1 saturated heterocycles. The van der Waals surface area contributed by atoms with Gasteiger partial charge in [-0.15, -0.1) is 0 Å². The summed E-state index contributed by atoms with van der Waals surface area (Å²) in [6.45, 7) is 3.24. The molecule has 1 aliphatic rings. The van der Waals surface area contributed by atoms with E-state index in [2.05, 4.69) is 0 Å². The van der Waals surface area contributed by atoms with Gasteiger partial charge in [0.2, 0.25) is 5.91 Å². The van der Waals surface area contributed by atoms with Crippen molar-refractivity contribution in [2.75, 3.05) is 13.1 Å². The fraction of sp³-hybridized carbons (Fsp3) is 0.467. The number of nitrogens with zero attached hydrogens (tertiary/aromatic N) is 1. The lowest BCUT2D eigenvalue weighted by Gasteiger charge is -2.38. The van der Waals surface area contributed by atoms with Crippen LogP contribution in [0.15, 0.2) is 24.3 Å². The molecule has 102 valence electrons. The molecule has 1 aromatic rings. The summed E-state index contributed by atoms with van der Waals surface area (Å²) in [5.74, 6) is -0.512. The second-order valence-corrected chi connectivity index (χ2v) is 5.19. The van der Waals surface area contributed by atoms with E-state index in [1.807, 2.05) is 31.2 Å². The molecule has 0 unspecified atom stereocenters. The van der Waals surface area contributed by atoms with Crippen LogP contribution < -0.4 is 0 Å². The zero-order valence-electron chi connectivity index (χ0n) is 11.1. The quantitative estimate of drug-likeness (QED) is 0.880. The molecule has 0 aliphatic carbocycles. The van der Waals surface area contributed by atoms with Crippen molar-refractivity contribution in [3.63, 3.8) is 0 Å². The molecule has 0 atom stereocenters. The van der Waals surface area contributed by atoms with Gasteiger partial charge in [0.25, 0.3) is 0 Å². The first-order chi connectivity index (χ1) is 9.06. The number of carbonyl (C=O) groups excluding carboxylic acids is 1. The molecule has 19 heavy (non-hydrogen) atoms. The molecular weight excluding hydrogens is 242 g/mol. The lowest BCUT2D eigenvalue weighted by Crippen LogP contribution is -2.50. The maximum absolute atomic E-state index is 11.9. The average Bonchev–Trinajstić information content (AvgIpc) is 2.31. The largest absolute Gasteiger partial charge is 0.481 e. The summed E-state index contributed by atoms with van der Waals surface area (Å²) in [6, 6.07) is 8.07. The highest BCUT2D eigenvalue weighted by Gasteiger charge is 2.31. The second-order valence-electron chi connectivity index (χ2n) is 5.19. The Labute approximate surface area is 113 Å². The monoisotopic (exact) mass is 261 g/mol. The maximum atomic E-state index is 11.9. The highest BCUT2D eigenvalue weighted by molar-refractivity contribution is 5.77. The van der Waals surface area contributed by atoms with Gasteiger partial charge in [-0.2, -0.15) is 0 Å². The van der Waals surface area contributed by atoms with E-state index in [4.69, 9.17) is 5.11 Å². The molecule has 2 rings (SSSR count). The van der Waals surface area contributed by atoms with Crippen molar-refractivity contribution in [2.45, 2.75) is 26.2 Å². The second kappa shape index (κ2) is 5.87. The number of aliphatic carboxylic acids is 1. The topological polar surface area (TPSA) is 57.6 Å². The van der Waals surface area contributed by atoms with E-state index in [0.29, 0.717) is 19.5 Å². The normalized spacial score (nSPS) is 15.1. The molecule has 4 heteroatoms. The van der Waals surface area contributed by atoms with Crippen molar-refractivity contribution in [1.82, 2.24) is 4.90 Å². The molecule has 0 saturated carbocycles. The Morgan fingerprint density at radius 2 is 2.00 bits per heavy atom. The van der Waals surface area contributed by atoms with Gasteiger partial charge in [-0.1, -0.05) is 24.3 Å². The minimum absolute atomic E-state index is 0.130. The lowest BCUT2D eigenvalue weighted by atomic mass is 9.95. The summed E-state index contributed by atoms with van der Waals surface area (Å²) < 4.78 is 0. The number of carboxylic acid groups (broad SMARTS) is 1. The number of carbonyl (C=O) groups is 2. The van der Waals surface area contributed by atoms with Gasteiger partial charge in [-0.25, -0.2) is 0 Å². The van der Waals surface area contributed by atoms with E-state index >= 15 is 0 Å². The predicted molar refractivity (Wildman–Crippen MR) is 71.8 cm³/mol. The van der Waals surface area contributed by atoms with Crippen LogP contribution in [0.4, 0.5) is 0 Å². The molecule has 1 heterocycles. The van der Waals surface area contributed by atoms with Crippen molar-refractivity contribution in [3.05, 3.63) is 35.4 Å². The Kier molecular flexibility index (Phi) is 4.20.